The molecule has 0 saturated heterocycles. The molecule has 7 heteroatoms. The largest absolute Gasteiger partial charge is 0.508 e. The summed E-state index contributed by atoms with van der Waals surface area (Å²) in [6, 6.07) is 19.1. The number of aromatic hydroxyl groups is 2. The van der Waals surface area contributed by atoms with Crippen molar-refractivity contribution in [2.24, 2.45) is 20.5 Å². The smallest absolute Gasteiger partial charge is 0.126 e. The first-order valence-electron chi connectivity index (χ1n) is 20.7. The molecule has 0 unspecified atom stereocenters. The van der Waals surface area contributed by atoms with Crippen LogP contribution < -0.4 is 4.74 Å². The maximum Gasteiger partial charge on any atom is 0.126 e. The molecule has 0 spiro atoms. The third kappa shape index (κ3) is 14.9. The molecule has 304 valence electrons. The fourth-order valence-corrected chi connectivity index (χ4v) is 6.61. The van der Waals surface area contributed by atoms with Crippen LogP contribution >= 0.6 is 0 Å². The summed E-state index contributed by atoms with van der Waals surface area (Å²) in [6.07, 6.45) is 13.4. The van der Waals surface area contributed by atoms with E-state index in [0.29, 0.717) is 17.1 Å². The number of unbranched alkanes of at least 4 members (excludes halogenated alkanes) is 9. The molecule has 4 rings (SSSR count). The Morgan fingerprint density at radius 1 is 0.500 bits per heavy atom. The van der Waals surface area contributed by atoms with Crippen LogP contribution in [-0.2, 0) is 10.8 Å². The van der Waals surface area contributed by atoms with Gasteiger partial charge < -0.3 is 14.9 Å². The van der Waals surface area contributed by atoms with Crippen molar-refractivity contribution in [2.45, 2.75) is 158 Å². The van der Waals surface area contributed by atoms with Gasteiger partial charge >= 0.3 is 0 Å². The second-order valence-electron chi connectivity index (χ2n) is 17.5. The Labute approximate surface area is 338 Å². The fourth-order valence-electron chi connectivity index (χ4n) is 6.61. The van der Waals surface area contributed by atoms with Gasteiger partial charge in [0.05, 0.1) is 29.4 Å². The zero-order valence-electron chi connectivity index (χ0n) is 36.6. The molecule has 0 heterocycles. The molecule has 0 aliphatic heterocycles. The summed E-state index contributed by atoms with van der Waals surface area (Å²) >= 11 is 0. The zero-order valence-corrected chi connectivity index (χ0v) is 36.6. The van der Waals surface area contributed by atoms with Gasteiger partial charge in [0.25, 0.3) is 0 Å². The number of aryl methyl sites for hydroxylation is 5. The molecule has 7 nitrogen and oxygen atoms in total. The monoisotopic (exact) mass is 763 g/mol. The van der Waals surface area contributed by atoms with Crippen molar-refractivity contribution >= 4 is 22.7 Å². The van der Waals surface area contributed by atoms with Gasteiger partial charge in [0, 0.05) is 11.1 Å². The molecule has 0 aromatic heterocycles. The van der Waals surface area contributed by atoms with E-state index in [1.165, 1.54) is 68.9 Å². The molecule has 0 atom stereocenters. The molecule has 0 aliphatic rings. The minimum atomic E-state index is -0.172. The van der Waals surface area contributed by atoms with Gasteiger partial charge in [0.2, 0.25) is 0 Å². The SMILES string of the molecule is CCCCCCCCCCCCOc1c(C)cc(N=Nc2ccc(C)cc2C)cc1C(C)(C)C.Cc1cc(O)ccc1N=Nc1cc(C)c(O)c(C(C)(C)C)c1. The molecule has 4 aromatic carbocycles. The third-order valence-corrected chi connectivity index (χ3v) is 9.98. The van der Waals surface area contributed by atoms with Crippen LogP contribution in [0.25, 0.3) is 0 Å². The summed E-state index contributed by atoms with van der Waals surface area (Å²) < 4.78 is 6.34. The summed E-state index contributed by atoms with van der Waals surface area (Å²) in [5.41, 5.74) is 10.2. The highest BCUT2D eigenvalue weighted by Gasteiger charge is 2.22. The molecule has 0 amide bonds. The van der Waals surface area contributed by atoms with Crippen LogP contribution in [0.1, 0.15) is 152 Å². The molecule has 0 saturated carbocycles. The normalized spacial score (nSPS) is 12.0. The number of benzene rings is 4. The Balaban J connectivity index is 0.000000329. The first kappa shape index (κ1) is 45.9. The quantitative estimate of drug-likeness (QED) is 0.0878. The number of ether oxygens (including phenoxy) is 1. The number of azo groups is 2. The van der Waals surface area contributed by atoms with Crippen LogP contribution in [0.4, 0.5) is 22.7 Å². The maximum absolute atomic E-state index is 10.2. The van der Waals surface area contributed by atoms with Crippen LogP contribution in [0.2, 0.25) is 0 Å². The van der Waals surface area contributed by atoms with Gasteiger partial charge in [-0.15, -0.1) is 0 Å². The van der Waals surface area contributed by atoms with Crippen molar-refractivity contribution in [2.75, 3.05) is 6.61 Å². The number of hydrogen-bond acceptors (Lipinski definition) is 7. The minimum absolute atomic E-state index is 0.0246. The highest BCUT2D eigenvalue weighted by molar-refractivity contribution is 5.56. The second kappa shape index (κ2) is 21.7. The van der Waals surface area contributed by atoms with Crippen LogP contribution in [0.3, 0.4) is 0 Å². The second-order valence-corrected chi connectivity index (χ2v) is 17.5. The number of rotatable bonds is 16. The van der Waals surface area contributed by atoms with Gasteiger partial charge in [-0.05, 0) is 123 Å². The van der Waals surface area contributed by atoms with E-state index in [1.54, 1.807) is 18.2 Å². The van der Waals surface area contributed by atoms with E-state index < -0.39 is 0 Å². The highest BCUT2D eigenvalue weighted by atomic mass is 16.5. The highest BCUT2D eigenvalue weighted by Crippen LogP contribution is 2.39. The Kier molecular flexibility index (Phi) is 17.8. The van der Waals surface area contributed by atoms with E-state index in [1.807, 2.05) is 52.8 Å². The van der Waals surface area contributed by atoms with Crippen LogP contribution in [0.5, 0.6) is 17.2 Å². The maximum atomic E-state index is 10.2. The average molecular weight is 763 g/mol. The molecular weight excluding hydrogens is 693 g/mol. The first-order chi connectivity index (χ1) is 26.4. The summed E-state index contributed by atoms with van der Waals surface area (Å²) in [5, 5.41) is 37.3. The van der Waals surface area contributed by atoms with E-state index in [9.17, 15) is 10.2 Å². The predicted octanol–water partition coefficient (Wildman–Crippen LogP) is 16.1. The van der Waals surface area contributed by atoms with E-state index in [2.05, 4.69) is 93.2 Å². The molecule has 0 radical (unpaired) electrons. The van der Waals surface area contributed by atoms with E-state index in [0.717, 1.165) is 58.0 Å². The summed E-state index contributed by atoms with van der Waals surface area (Å²) in [5.74, 6) is 1.55. The average Bonchev–Trinajstić information content (AvgIpc) is 3.11. The molecule has 2 N–H and O–H groups in total. The van der Waals surface area contributed by atoms with Crippen molar-refractivity contribution < 1.29 is 14.9 Å². The van der Waals surface area contributed by atoms with Gasteiger partial charge in [-0.25, -0.2) is 0 Å². The van der Waals surface area contributed by atoms with Gasteiger partial charge in [0.1, 0.15) is 17.2 Å². The summed E-state index contributed by atoms with van der Waals surface area (Å²) in [7, 11) is 0. The lowest BCUT2D eigenvalue weighted by Crippen LogP contribution is -2.14. The van der Waals surface area contributed by atoms with Gasteiger partial charge in [-0.2, -0.15) is 20.5 Å². The Morgan fingerprint density at radius 2 is 0.982 bits per heavy atom. The van der Waals surface area contributed by atoms with Crippen molar-refractivity contribution in [3.05, 3.63) is 99.6 Å². The topological polar surface area (TPSA) is 99.1 Å². The fraction of sp³-hybridized carbons (Fsp3) is 0.510. The predicted molar refractivity (Wildman–Crippen MR) is 236 cm³/mol. The lowest BCUT2D eigenvalue weighted by atomic mass is 9.85. The lowest BCUT2D eigenvalue weighted by Gasteiger charge is -2.25. The molecule has 0 aliphatic carbocycles. The van der Waals surface area contributed by atoms with Crippen LogP contribution in [0, 0.1) is 34.6 Å². The van der Waals surface area contributed by atoms with E-state index in [-0.39, 0.29) is 16.6 Å². The molecular formula is C49H70N4O3. The standard InChI is InChI=1S/C31H48N2O.C18H22N2O2/c1-8-9-10-11-12-13-14-15-16-17-20-34-30-26(4)22-27(23-28(30)31(5,6)7)32-33-29-19-18-24(2)21-25(29)3;1-11-9-14(21)6-7-16(11)20-19-13-8-12(2)17(22)15(10-13)18(3,4)5/h18-19,21-23H,8-17,20H2,1-7H3;6-10,21-22H,1-5H3. The summed E-state index contributed by atoms with van der Waals surface area (Å²) in [4.78, 5) is 0. The van der Waals surface area contributed by atoms with Crippen molar-refractivity contribution in [3.63, 3.8) is 0 Å². The number of phenolic OH excluding ortho intramolecular Hbond substituents is 2. The van der Waals surface area contributed by atoms with Crippen LogP contribution in [0.15, 0.2) is 81.1 Å². The van der Waals surface area contributed by atoms with Gasteiger partial charge in [-0.3, -0.25) is 0 Å². The Morgan fingerprint density at radius 3 is 1.50 bits per heavy atom. The van der Waals surface area contributed by atoms with E-state index >= 15 is 0 Å². The number of phenols is 2. The van der Waals surface area contributed by atoms with Gasteiger partial charge in [-0.1, -0.05) is 124 Å². The molecule has 56 heavy (non-hydrogen) atoms. The van der Waals surface area contributed by atoms with Crippen molar-refractivity contribution in [1.29, 1.82) is 0 Å². The summed E-state index contributed by atoms with van der Waals surface area (Å²) in [6.45, 7) is 25.9. The Bertz CT molecular complexity index is 1910. The van der Waals surface area contributed by atoms with Crippen molar-refractivity contribution in [3.8, 4) is 17.2 Å². The molecule has 4 aromatic rings. The first-order valence-corrected chi connectivity index (χ1v) is 20.7. The van der Waals surface area contributed by atoms with Gasteiger partial charge in [0.15, 0.2) is 0 Å². The zero-order chi connectivity index (χ0) is 41.5. The molecule has 0 fully saturated rings. The Hall–Kier alpha value is -4.52. The lowest BCUT2D eigenvalue weighted by molar-refractivity contribution is 0.294. The number of nitrogens with zero attached hydrogens (tertiary/aromatic N) is 4. The minimum Gasteiger partial charge on any atom is -0.508 e. The van der Waals surface area contributed by atoms with E-state index in [4.69, 9.17) is 4.74 Å². The van der Waals surface area contributed by atoms with Crippen LogP contribution in [-0.4, -0.2) is 16.8 Å². The third-order valence-electron chi connectivity index (χ3n) is 9.98. The molecule has 0 bridgehead atoms. The number of hydrogen-bond donors (Lipinski definition) is 2. The van der Waals surface area contributed by atoms with Crippen molar-refractivity contribution in [1.82, 2.24) is 0 Å².